The molecule has 1 aromatic carbocycles. The number of benzene rings is 1. The molecule has 0 aliphatic rings. The molecule has 0 spiro atoms. The Morgan fingerprint density at radius 3 is 2.41 bits per heavy atom. The number of aromatic nitrogens is 1. The maximum absolute atomic E-state index is 13.3. The molecule has 0 amide bonds. The van der Waals surface area contributed by atoms with Gasteiger partial charge in [0.25, 0.3) is 0 Å². The molecule has 0 saturated carbocycles. The lowest BCUT2D eigenvalue weighted by Gasteiger charge is -2.19. The number of fused-ring (bicyclic) bond motifs is 1. The summed E-state index contributed by atoms with van der Waals surface area (Å²) in [5.41, 5.74) is 5.12. The molecular weight excluding hydrogens is 356 g/mol. The van der Waals surface area contributed by atoms with Crippen molar-refractivity contribution in [2.24, 2.45) is 0 Å². The Morgan fingerprint density at radius 1 is 0.931 bits per heavy atom. The van der Waals surface area contributed by atoms with E-state index < -0.39 is 0 Å². The summed E-state index contributed by atoms with van der Waals surface area (Å²) in [6, 6.07) is 16.5. The van der Waals surface area contributed by atoms with Crippen LogP contribution in [0.1, 0.15) is 67.2 Å². The zero-order valence-electron chi connectivity index (χ0n) is 18.2. The Kier molecular flexibility index (Phi) is 7.65. The van der Waals surface area contributed by atoms with Crippen molar-refractivity contribution < 1.29 is 4.79 Å². The van der Waals surface area contributed by atoms with E-state index in [0.29, 0.717) is 0 Å². The van der Waals surface area contributed by atoms with Gasteiger partial charge in [0, 0.05) is 17.3 Å². The highest BCUT2D eigenvalue weighted by molar-refractivity contribution is 6.09. The Hall–Kier alpha value is -2.39. The van der Waals surface area contributed by atoms with E-state index >= 15 is 0 Å². The average Bonchev–Trinajstić information content (AvgIpc) is 3.11. The topological polar surface area (TPSA) is 24.7 Å². The van der Waals surface area contributed by atoms with Gasteiger partial charge in [0.1, 0.15) is 0 Å². The Bertz CT molecular complexity index is 924. The van der Waals surface area contributed by atoms with Gasteiger partial charge in [-0.15, -0.1) is 0 Å². The van der Waals surface area contributed by atoms with Crippen LogP contribution < -0.4 is 0 Å². The Balaban J connectivity index is 1.72. The number of hydrogen-bond acceptors (Lipinski definition) is 2. The molecule has 0 atom stereocenters. The van der Waals surface area contributed by atoms with Gasteiger partial charge in [-0.05, 0) is 74.6 Å². The molecule has 0 saturated heterocycles. The van der Waals surface area contributed by atoms with Gasteiger partial charge >= 0.3 is 0 Å². The zero-order chi connectivity index (χ0) is 20.6. The van der Waals surface area contributed by atoms with Gasteiger partial charge in [0.15, 0.2) is 0 Å². The minimum Gasteiger partial charge on any atom is -0.313 e. The van der Waals surface area contributed by atoms with Crippen LogP contribution in [0.3, 0.4) is 0 Å². The highest BCUT2D eigenvalue weighted by Gasteiger charge is 2.18. The van der Waals surface area contributed by atoms with Crippen molar-refractivity contribution in [3.05, 3.63) is 77.1 Å². The van der Waals surface area contributed by atoms with Crippen LogP contribution >= 0.6 is 0 Å². The second kappa shape index (κ2) is 10.4. The fourth-order valence-electron chi connectivity index (χ4n) is 4.10. The number of aryl methyl sites for hydroxylation is 2. The van der Waals surface area contributed by atoms with Crippen molar-refractivity contribution in [2.45, 2.75) is 52.9 Å². The van der Waals surface area contributed by atoms with Gasteiger partial charge < -0.3 is 9.30 Å². The third kappa shape index (κ3) is 5.16. The van der Waals surface area contributed by atoms with E-state index in [1.54, 1.807) is 0 Å². The summed E-state index contributed by atoms with van der Waals surface area (Å²) in [5, 5.41) is 0. The lowest BCUT2D eigenvalue weighted by molar-refractivity contribution is 0.103. The van der Waals surface area contributed by atoms with Crippen molar-refractivity contribution in [1.82, 2.24) is 9.30 Å². The second-order valence-corrected chi connectivity index (χ2v) is 7.83. The fourth-order valence-corrected chi connectivity index (χ4v) is 4.10. The van der Waals surface area contributed by atoms with Crippen LogP contribution in [-0.2, 0) is 12.8 Å². The molecule has 154 valence electrons. The third-order valence-electron chi connectivity index (χ3n) is 5.64. The predicted molar refractivity (Wildman–Crippen MR) is 122 cm³/mol. The van der Waals surface area contributed by atoms with E-state index in [-0.39, 0.29) is 5.78 Å². The average molecular weight is 391 g/mol. The van der Waals surface area contributed by atoms with Crippen LogP contribution in [0, 0.1) is 0 Å². The van der Waals surface area contributed by atoms with Crippen molar-refractivity contribution >= 4 is 11.3 Å². The van der Waals surface area contributed by atoms with Crippen molar-refractivity contribution in [2.75, 3.05) is 19.6 Å². The number of rotatable bonds is 11. The van der Waals surface area contributed by atoms with Gasteiger partial charge in [0.2, 0.25) is 5.78 Å². The van der Waals surface area contributed by atoms with Gasteiger partial charge in [-0.3, -0.25) is 4.79 Å². The first-order chi connectivity index (χ1) is 14.2. The molecule has 0 bridgehead atoms. The van der Waals surface area contributed by atoms with Crippen molar-refractivity contribution in [3.8, 4) is 0 Å². The molecule has 0 fully saturated rings. The molecule has 2 heterocycles. The number of hydrogen-bond donors (Lipinski definition) is 0. The van der Waals surface area contributed by atoms with Crippen LogP contribution in [0.25, 0.3) is 5.52 Å². The second-order valence-electron chi connectivity index (χ2n) is 7.83. The molecule has 0 aliphatic carbocycles. The smallest absolute Gasteiger partial charge is 0.210 e. The lowest BCUT2D eigenvalue weighted by Crippen LogP contribution is -2.25. The Morgan fingerprint density at radius 2 is 1.72 bits per heavy atom. The summed E-state index contributed by atoms with van der Waals surface area (Å²) in [6.45, 7) is 10.1. The minimum atomic E-state index is 0.117. The highest BCUT2D eigenvalue weighted by atomic mass is 16.1. The van der Waals surface area contributed by atoms with E-state index in [0.717, 1.165) is 61.1 Å². The molecule has 2 aromatic heterocycles. The summed E-state index contributed by atoms with van der Waals surface area (Å²) in [6.07, 6.45) is 7.37. The molecule has 0 radical (unpaired) electrons. The normalized spacial score (nSPS) is 11.4. The summed E-state index contributed by atoms with van der Waals surface area (Å²) >= 11 is 0. The molecule has 3 nitrogen and oxygen atoms in total. The van der Waals surface area contributed by atoms with Gasteiger partial charge in [-0.2, -0.15) is 0 Å². The van der Waals surface area contributed by atoms with Gasteiger partial charge in [-0.1, -0.05) is 57.5 Å². The Labute approximate surface area is 175 Å². The number of nitrogens with zero attached hydrogens (tertiary/aromatic N) is 2. The molecular formula is C26H34N2O. The monoisotopic (exact) mass is 390 g/mol. The molecule has 29 heavy (non-hydrogen) atoms. The van der Waals surface area contributed by atoms with E-state index in [2.05, 4.69) is 49.9 Å². The lowest BCUT2D eigenvalue weighted by atomic mass is 10.0. The molecule has 0 N–H and O–H groups in total. The number of pyridine rings is 1. The van der Waals surface area contributed by atoms with Gasteiger partial charge in [0.05, 0.1) is 5.69 Å². The molecule has 3 rings (SSSR count). The number of carbonyl (C=O) groups excluding carboxylic acids is 1. The van der Waals surface area contributed by atoms with Crippen LogP contribution in [0.15, 0.2) is 54.7 Å². The van der Waals surface area contributed by atoms with E-state index in [1.165, 1.54) is 18.5 Å². The fraction of sp³-hybridized carbons (Fsp3) is 0.423. The van der Waals surface area contributed by atoms with E-state index in [1.807, 2.05) is 34.9 Å². The van der Waals surface area contributed by atoms with Crippen LogP contribution in [-0.4, -0.2) is 34.7 Å². The minimum absolute atomic E-state index is 0.117. The summed E-state index contributed by atoms with van der Waals surface area (Å²) < 4.78 is 2.04. The van der Waals surface area contributed by atoms with Crippen LogP contribution in [0.2, 0.25) is 0 Å². The van der Waals surface area contributed by atoms with Crippen LogP contribution in [0.4, 0.5) is 0 Å². The predicted octanol–water partition coefficient (Wildman–Crippen LogP) is 5.79. The third-order valence-corrected chi connectivity index (χ3v) is 5.64. The SMILES string of the molecule is CCCc1cc2ccccn2c1C(=O)c1ccc(CCCN(CC)CCC)cc1. The first-order valence-corrected chi connectivity index (χ1v) is 11.1. The molecule has 3 heteroatoms. The molecule has 3 aromatic rings. The maximum Gasteiger partial charge on any atom is 0.210 e. The largest absolute Gasteiger partial charge is 0.313 e. The van der Waals surface area contributed by atoms with Crippen molar-refractivity contribution in [1.29, 1.82) is 0 Å². The first-order valence-electron chi connectivity index (χ1n) is 11.1. The first kappa shape index (κ1) is 21.3. The number of carbonyl (C=O) groups is 1. The van der Waals surface area contributed by atoms with Crippen molar-refractivity contribution in [3.63, 3.8) is 0 Å². The van der Waals surface area contributed by atoms with E-state index in [4.69, 9.17) is 0 Å². The maximum atomic E-state index is 13.3. The summed E-state index contributed by atoms with van der Waals surface area (Å²) in [7, 11) is 0. The standard InChI is InChI=1S/C26H34N2O/c1-4-10-23-20-24-12-7-8-19-28(24)25(23)26(29)22-15-13-21(14-16-22)11-9-18-27(6-3)17-5-2/h7-8,12-16,19-20H,4-6,9-11,17-18H2,1-3H3. The van der Waals surface area contributed by atoms with E-state index in [9.17, 15) is 4.79 Å². The number of ketones is 1. The van der Waals surface area contributed by atoms with Gasteiger partial charge in [-0.25, -0.2) is 0 Å². The summed E-state index contributed by atoms with van der Waals surface area (Å²) in [4.78, 5) is 15.8. The quantitative estimate of drug-likeness (QED) is 0.387. The summed E-state index contributed by atoms with van der Waals surface area (Å²) in [5.74, 6) is 0.117. The zero-order valence-corrected chi connectivity index (χ0v) is 18.2. The molecule has 0 unspecified atom stereocenters. The molecule has 0 aliphatic heterocycles. The van der Waals surface area contributed by atoms with Crippen LogP contribution in [0.5, 0.6) is 0 Å². The highest BCUT2D eigenvalue weighted by Crippen LogP contribution is 2.22.